The van der Waals surface area contributed by atoms with Crippen LogP contribution >= 0.6 is 22.6 Å². The van der Waals surface area contributed by atoms with E-state index < -0.39 is 0 Å². The normalized spacial score (nSPS) is 48.9. The summed E-state index contributed by atoms with van der Waals surface area (Å²) in [5, 5.41) is 0.694. The van der Waals surface area contributed by atoms with Crippen LogP contribution in [0, 0.1) is 5.92 Å². The van der Waals surface area contributed by atoms with Gasteiger partial charge in [0.2, 0.25) is 0 Å². The molecule has 0 spiro atoms. The molecular formula is C12H22BI. The van der Waals surface area contributed by atoms with Crippen LogP contribution in [0.2, 0.25) is 5.31 Å². The van der Waals surface area contributed by atoms with E-state index in [1.54, 1.807) is 0 Å². The molecular weight excluding hydrogens is 282 g/mol. The van der Waals surface area contributed by atoms with Gasteiger partial charge in [-0.2, -0.15) is 0 Å². The number of halogens is 1. The Labute approximate surface area is 103 Å². The van der Waals surface area contributed by atoms with Crippen LogP contribution in [0.4, 0.5) is 0 Å². The zero-order valence-corrected chi connectivity index (χ0v) is 11.8. The van der Waals surface area contributed by atoms with Crippen molar-refractivity contribution < 1.29 is 0 Å². The van der Waals surface area contributed by atoms with Gasteiger partial charge in [0.25, 0.3) is 0 Å². The van der Waals surface area contributed by atoms with Gasteiger partial charge in [-0.05, 0) is 22.1 Å². The maximum atomic E-state index is 2.79. The van der Waals surface area contributed by atoms with Crippen LogP contribution in [-0.2, 0) is 0 Å². The van der Waals surface area contributed by atoms with Gasteiger partial charge in [-0.3, -0.25) is 0 Å². The minimum Gasteiger partial charge on any atom is -0.0883 e. The lowest BCUT2D eigenvalue weighted by atomic mass is 9.38. The largest absolute Gasteiger partial charge is 0.147 e. The highest BCUT2D eigenvalue weighted by Gasteiger charge is 2.43. The predicted molar refractivity (Wildman–Crippen MR) is 73.8 cm³/mol. The van der Waals surface area contributed by atoms with Crippen LogP contribution in [0.3, 0.4) is 0 Å². The zero-order chi connectivity index (χ0) is 10.2. The van der Waals surface area contributed by atoms with Gasteiger partial charge in [-0.1, -0.05) is 73.9 Å². The molecule has 0 amide bonds. The fraction of sp³-hybridized carbons (Fsp3) is 1.00. The van der Waals surface area contributed by atoms with Gasteiger partial charge < -0.3 is 0 Å². The highest BCUT2D eigenvalue weighted by atomic mass is 127. The molecule has 14 heavy (non-hydrogen) atoms. The Bertz CT molecular complexity index is 218. The molecule has 3 atom stereocenters. The van der Waals surface area contributed by atoms with Crippen molar-refractivity contribution in [1.29, 1.82) is 0 Å². The number of hydrogen-bond donors (Lipinski definition) is 0. The van der Waals surface area contributed by atoms with E-state index in [0.29, 0.717) is 8.64 Å². The highest BCUT2D eigenvalue weighted by molar-refractivity contribution is 14.1. The number of rotatable bonds is 0. The first-order valence-electron chi connectivity index (χ1n) is 6.20. The third-order valence-corrected chi connectivity index (χ3v) is 5.70. The van der Waals surface area contributed by atoms with Crippen LogP contribution < -0.4 is 0 Å². The maximum Gasteiger partial charge on any atom is 0.147 e. The van der Waals surface area contributed by atoms with Gasteiger partial charge in [0, 0.05) is 0 Å². The number of fused-ring (bicyclic) bond motifs is 2. The number of hydrogen-bond acceptors (Lipinski definition) is 0. The summed E-state index contributed by atoms with van der Waals surface area (Å²) in [5.41, 5.74) is 0. The zero-order valence-electron chi connectivity index (χ0n) is 9.61. The summed E-state index contributed by atoms with van der Waals surface area (Å²) in [6.07, 6.45) is 10.4. The topological polar surface area (TPSA) is 0 Å². The van der Waals surface area contributed by atoms with Gasteiger partial charge >= 0.3 is 0 Å². The van der Waals surface area contributed by atoms with Crippen LogP contribution in [0.15, 0.2) is 0 Å². The molecule has 2 aliphatic heterocycles. The first-order chi connectivity index (χ1) is 6.52. The van der Waals surface area contributed by atoms with Crippen molar-refractivity contribution in [2.45, 2.75) is 67.4 Å². The lowest BCUT2D eigenvalue weighted by Gasteiger charge is -2.45. The molecule has 2 aliphatic rings. The molecule has 0 aliphatic carbocycles. The average Bonchev–Trinajstić information content (AvgIpc) is 2.00. The molecule has 2 heteroatoms. The lowest BCUT2D eigenvalue weighted by molar-refractivity contribution is 0.338. The van der Waals surface area contributed by atoms with Gasteiger partial charge in [0.15, 0.2) is 0 Å². The molecule has 0 radical (unpaired) electrons. The monoisotopic (exact) mass is 304 g/mol. The first-order valence-corrected chi connectivity index (χ1v) is 7.28. The molecule has 0 aromatic heterocycles. The van der Waals surface area contributed by atoms with Crippen LogP contribution in [0.1, 0.15) is 58.8 Å². The summed E-state index contributed by atoms with van der Waals surface area (Å²) in [6, 6.07) is 0. The Morgan fingerprint density at radius 3 is 2.71 bits per heavy atom. The highest BCUT2D eigenvalue weighted by Crippen LogP contribution is 2.51. The Hall–Kier alpha value is 0.795. The second-order valence-corrected chi connectivity index (χ2v) is 8.48. The van der Waals surface area contributed by atoms with E-state index in [-0.39, 0.29) is 0 Å². The van der Waals surface area contributed by atoms with Gasteiger partial charge in [-0.15, -0.1) is 0 Å². The van der Waals surface area contributed by atoms with Crippen molar-refractivity contribution in [2.75, 3.05) is 0 Å². The smallest absolute Gasteiger partial charge is 0.0883 e. The predicted octanol–water partition coefficient (Wildman–Crippen LogP) is 4.13. The Morgan fingerprint density at radius 2 is 1.93 bits per heavy atom. The molecule has 80 valence electrons. The van der Waals surface area contributed by atoms with E-state index in [1.165, 1.54) is 52.2 Å². The molecule has 0 saturated carbocycles. The van der Waals surface area contributed by atoms with E-state index in [0.717, 1.165) is 5.92 Å². The minimum atomic E-state index is 0.657. The van der Waals surface area contributed by atoms with Crippen molar-refractivity contribution >= 4 is 29.9 Å². The molecule has 0 aromatic carbocycles. The summed E-state index contributed by atoms with van der Waals surface area (Å²) >= 11 is 2.79. The lowest BCUT2D eigenvalue weighted by Crippen LogP contribution is -2.43. The van der Waals surface area contributed by atoms with Crippen LogP contribution in [0.5, 0.6) is 0 Å². The summed E-state index contributed by atoms with van der Waals surface area (Å²) in [6.45, 7) is 4.99. The molecule has 2 rings (SSSR count). The van der Waals surface area contributed by atoms with Crippen molar-refractivity contribution in [3.63, 3.8) is 0 Å². The Morgan fingerprint density at radius 1 is 1.21 bits per heavy atom. The maximum absolute atomic E-state index is 2.79. The van der Waals surface area contributed by atoms with Gasteiger partial charge in [0.05, 0.1) is 0 Å². The first kappa shape index (κ1) is 11.3. The van der Waals surface area contributed by atoms with Gasteiger partial charge in [-0.25, -0.2) is 0 Å². The van der Waals surface area contributed by atoms with Crippen molar-refractivity contribution in [3.05, 3.63) is 0 Å². The molecule has 2 saturated heterocycles. The van der Waals surface area contributed by atoms with E-state index in [9.17, 15) is 0 Å². The second-order valence-electron chi connectivity index (χ2n) is 6.19. The molecule has 0 N–H and O–H groups in total. The van der Waals surface area contributed by atoms with Crippen molar-refractivity contribution in [3.8, 4) is 0 Å². The fourth-order valence-corrected chi connectivity index (χ4v) is 5.82. The minimum absolute atomic E-state index is 0.657. The van der Waals surface area contributed by atoms with E-state index >= 15 is 0 Å². The Balaban J connectivity index is 2.14. The van der Waals surface area contributed by atoms with Crippen molar-refractivity contribution in [2.24, 2.45) is 5.92 Å². The van der Waals surface area contributed by atoms with Crippen LogP contribution in [-0.4, -0.2) is 10.6 Å². The van der Waals surface area contributed by atoms with E-state index in [1.807, 2.05) is 0 Å². The van der Waals surface area contributed by atoms with Crippen molar-refractivity contribution in [1.82, 2.24) is 0 Å². The standard InChI is InChI=1S/C12H22BI/c1-10-5-3-6-11(2)7-4-8-12(14,9-10)13-11/h10,13H,3-9H2,1-2H3. The quantitative estimate of drug-likeness (QED) is 0.359. The average molecular weight is 304 g/mol. The van der Waals surface area contributed by atoms with Crippen LogP contribution in [0.25, 0.3) is 0 Å². The molecule has 2 fully saturated rings. The van der Waals surface area contributed by atoms with Gasteiger partial charge in [0.1, 0.15) is 7.28 Å². The SMILES string of the molecule is CC1CCCC2(C)BC(I)(CCC2)C1. The third-order valence-electron chi connectivity index (χ3n) is 4.34. The summed E-state index contributed by atoms with van der Waals surface area (Å²) in [5.74, 6) is 0.967. The second kappa shape index (κ2) is 3.99. The molecule has 2 bridgehead atoms. The van der Waals surface area contributed by atoms with E-state index in [4.69, 9.17) is 0 Å². The third kappa shape index (κ3) is 2.48. The fourth-order valence-electron chi connectivity index (χ4n) is 3.77. The molecule has 0 aromatic rings. The molecule has 2 heterocycles. The summed E-state index contributed by atoms with van der Waals surface area (Å²) in [4.78, 5) is 0. The molecule has 0 nitrogen and oxygen atoms in total. The molecule has 3 unspecified atom stereocenters. The number of alkyl halides is 1. The summed E-state index contributed by atoms with van der Waals surface area (Å²) < 4.78 is 0.657. The van der Waals surface area contributed by atoms with E-state index in [2.05, 4.69) is 36.4 Å². The summed E-state index contributed by atoms with van der Waals surface area (Å²) in [7, 11) is 1.49. The Kier molecular flexibility index (Phi) is 3.22.